The van der Waals surface area contributed by atoms with E-state index in [-0.39, 0.29) is 39.3 Å². The summed E-state index contributed by atoms with van der Waals surface area (Å²) in [6.45, 7) is 0. The van der Waals surface area contributed by atoms with Gasteiger partial charge in [-0.05, 0) is 0 Å². The Morgan fingerprint density at radius 3 is 1.25 bits per heavy atom. The minimum atomic E-state index is 0. The summed E-state index contributed by atoms with van der Waals surface area (Å²) in [5.74, 6) is 0. The molecular formula is GaOSnZn. The molecule has 0 saturated carbocycles. The Morgan fingerprint density at radius 1 is 1.25 bits per heavy atom. The zero-order valence-electron chi connectivity index (χ0n) is 2.19. The SMILES string of the molecule is [Ga].[O]=[Sn].[Zn]. The van der Waals surface area contributed by atoms with Crippen LogP contribution in [0.3, 0.4) is 0 Å². The smallest absolute Gasteiger partial charge is 0 e. The molecule has 0 amide bonds. The molecule has 4 heavy (non-hydrogen) atoms. The standard InChI is InChI=1S/Ga.O.Sn.Zn. The summed E-state index contributed by atoms with van der Waals surface area (Å²) in [7, 11) is 0. The van der Waals surface area contributed by atoms with Crippen LogP contribution in [0, 0.1) is 0 Å². The van der Waals surface area contributed by atoms with Gasteiger partial charge < -0.3 is 0 Å². The Balaban J connectivity index is -0.00000000500. The average molecular weight is 270 g/mol. The third-order valence-electron chi connectivity index (χ3n) is 0. The molecule has 0 aliphatic heterocycles. The molecule has 0 aromatic rings. The van der Waals surface area contributed by atoms with Crippen LogP contribution in [-0.4, -0.2) is 42.3 Å². The van der Waals surface area contributed by atoms with Crippen molar-refractivity contribution in [1.82, 2.24) is 0 Å². The van der Waals surface area contributed by atoms with Crippen molar-refractivity contribution < 1.29 is 22.6 Å². The molecular weight excluding hydrogens is 270 g/mol. The number of rotatable bonds is 0. The predicted octanol–water partition coefficient (Wildman–Crippen LogP) is -0.883. The number of hydrogen-bond donors (Lipinski definition) is 0. The van der Waals surface area contributed by atoms with E-state index in [0.717, 1.165) is 0 Å². The summed E-state index contributed by atoms with van der Waals surface area (Å²) in [5.41, 5.74) is 0. The molecule has 15 valence electrons. The molecule has 0 unspecified atom stereocenters. The van der Waals surface area contributed by atoms with Crippen LogP contribution >= 0.6 is 0 Å². The van der Waals surface area contributed by atoms with Crippen molar-refractivity contribution in [3.05, 3.63) is 0 Å². The fourth-order valence-corrected chi connectivity index (χ4v) is 0. The first-order valence-corrected chi connectivity index (χ1v) is 1.37. The van der Waals surface area contributed by atoms with Crippen LogP contribution in [0.1, 0.15) is 0 Å². The first-order valence-electron chi connectivity index (χ1n) is 0.204. The zero-order chi connectivity index (χ0) is 2.00. The van der Waals surface area contributed by atoms with Crippen molar-refractivity contribution in [2.24, 2.45) is 0 Å². The van der Waals surface area contributed by atoms with Gasteiger partial charge in [-0.2, -0.15) is 0 Å². The van der Waals surface area contributed by atoms with Gasteiger partial charge >= 0.3 is 25.6 Å². The maximum absolute atomic E-state index is 8.34. The van der Waals surface area contributed by atoms with Crippen molar-refractivity contribution >= 4 is 42.3 Å². The number of hydrogen-bond acceptors (Lipinski definition) is 1. The van der Waals surface area contributed by atoms with E-state index in [2.05, 4.69) is 0 Å². The molecule has 1 nitrogen and oxygen atoms in total. The summed E-state index contributed by atoms with van der Waals surface area (Å²) in [6.07, 6.45) is 0. The Kier molecular flexibility index (Phi) is 88.6. The van der Waals surface area contributed by atoms with E-state index in [0.29, 0.717) is 22.5 Å². The minimum absolute atomic E-state index is 0. The summed E-state index contributed by atoms with van der Waals surface area (Å²) in [4.78, 5) is 0. The zero-order valence-corrected chi connectivity index (χ0v) is 10.4. The summed E-state index contributed by atoms with van der Waals surface area (Å²) >= 11 is 0.300. The van der Waals surface area contributed by atoms with Crippen molar-refractivity contribution in [2.45, 2.75) is 0 Å². The average Bonchev–Trinajstić information content (AvgIpc) is 1.00. The molecule has 0 spiro atoms. The van der Waals surface area contributed by atoms with Crippen LogP contribution < -0.4 is 0 Å². The van der Waals surface area contributed by atoms with E-state index in [9.17, 15) is 0 Å². The van der Waals surface area contributed by atoms with Crippen molar-refractivity contribution in [3.63, 3.8) is 0 Å². The van der Waals surface area contributed by atoms with E-state index in [4.69, 9.17) is 3.08 Å². The second kappa shape index (κ2) is 20.9. The summed E-state index contributed by atoms with van der Waals surface area (Å²) < 4.78 is 8.34. The molecule has 0 aliphatic rings. The third-order valence-corrected chi connectivity index (χ3v) is 0. The Hall–Kier alpha value is 1.86. The van der Waals surface area contributed by atoms with Crippen LogP contribution in [0.15, 0.2) is 0 Å². The van der Waals surface area contributed by atoms with Gasteiger partial charge in [0.05, 0.1) is 0 Å². The summed E-state index contributed by atoms with van der Waals surface area (Å²) in [5, 5.41) is 0. The topological polar surface area (TPSA) is 17.1 Å². The van der Waals surface area contributed by atoms with Crippen molar-refractivity contribution in [2.75, 3.05) is 0 Å². The van der Waals surface area contributed by atoms with Crippen LogP contribution in [0.25, 0.3) is 0 Å². The van der Waals surface area contributed by atoms with Gasteiger partial charge in [-0.3, -0.25) is 0 Å². The maximum Gasteiger partial charge on any atom is 0 e. The predicted molar refractivity (Wildman–Crippen MR) is 12.2 cm³/mol. The largest absolute Gasteiger partial charge is 0 e. The molecule has 4 heteroatoms. The van der Waals surface area contributed by atoms with Gasteiger partial charge in [0.15, 0.2) is 0 Å². The van der Waals surface area contributed by atoms with Crippen LogP contribution in [0.4, 0.5) is 0 Å². The maximum atomic E-state index is 8.34. The third kappa shape index (κ3) is 9.13. The molecule has 0 rings (SSSR count). The Labute approximate surface area is 64.2 Å². The van der Waals surface area contributed by atoms with Crippen molar-refractivity contribution in [3.8, 4) is 0 Å². The van der Waals surface area contributed by atoms with Gasteiger partial charge in [-0.1, -0.05) is 0 Å². The molecule has 0 bridgehead atoms. The normalized spacial score (nSPS) is 1.00. The van der Waals surface area contributed by atoms with Gasteiger partial charge in [0, 0.05) is 39.3 Å². The fraction of sp³-hybridized carbons (Fsp3) is 0. The van der Waals surface area contributed by atoms with Crippen LogP contribution in [0.5, 0.6) is 0 Å². The van der Waals surface area contributed by atoms with Crippen LogP contribution in [0.2, 0.25) is 0 Å². The molecule has 0 aromatic heterocycles. The Morgan fingerprint density at radius 2 is 1.25 bits per heavy atom. The van der Waals surface area contributed by atoms with Crippen molar-refractivity contribution in [1.29, 1.82) is 0 Å². The quantitative estimate of drug-likeness (QED) is 0.522. The molecule has 0 aliphatic carbocycles. The van der Waals surface area contributed by atoms with Gasteiger partial charge in [0.1, 0.15) is 0 Å². The van der Waals surface area contributed by atoms with E-state index in [1.807, 2.05) is 0 Å². The van der Waals surface area contributed by atoms with Gasteiger partial charge in [0.2, 0.25) is 0 Å². The van der Waals surface area contributed by atoms with Gasteiger partial charge in [-0.15, -0.1) is 0 Å². The second-order valence-corrected chi connectivity index (χ2v) is 0. The monoisotopic (exact) mass is 269 g/mol. The molecule has 0 atom stereocenters. The first-order chi connectivity index (χ1) is 1.00. The van der Waals surface area contributed by atoms with E-state index < -0.39 is 0 Å². The molecule has 0 aromatic carbocycles. The second-order valence-electron chi connectivity index (χ2n) is 0. The molecule has 0 fully saturated rings. The molecule has 5 radical (unpaired) electrons. The minimum Gasteiger partial charge on any atom is 0 e. The van der Waals surface area contributed by atoms with E-state index in [1.165, 1.54) is 0 Å². The summed E-state index contributed by atoms with van der Waals surface area (Å²) in [6, 6.07) is 0. The van der Waals surface area contributed by atoms with E-state index in [1.54, 1.807) is 0 Å². The van der Waals surface area contributed by atoms with Gasteiger partial charge in [0.25, 0.3) is 0 Å². The van der Waals surface area contributed by atoms with Gasteiger partial charge in [-0.25, -0.2) is 0 Å². The molecule has 0 N–H and O–H groups in total. The van der Waals surface area contributed by atoms with E-state index >= 15 is 0 Å². The fourth-order valence-electron chi connectivity index (χ4n) is 0. The molecule has 0 heterocycles. The molecule has 0 saturated heterocycles. The first kappa shape index (κ1) is 16.9. The Bertz CT molecular complexity index is 8.00. The van der Waals surface area contributed by atoms with Crippen LogP contribution in [-0.2, 0) is 22.6 Å².